The summed E-state index contributed by atoms with van der Waals surface area (Å²) >= 11 is 0. The molecule has 0 radical (unpaired) electrons. The molecule has 0 fully saturated rings. The van der Waals surface area contributed by atoms with E-state index in [-0.39, 0.29) is 11.3 Å². The highest BCUT2D eigenvalue weighted by Gasteiger charge is 2.26. The van der Waals surface area contributed by atoms with Crippen LogP contribution in [0.3, 0.4) is 0 Å². The average molecular weight is 402 g/mol. The van der Waals surface area contributed by atoms with Gasteiger partial charge in [-0.3, -0.25) is 9.59 Å². The molecule has 1 rings (SSSR count). The first-order valence-electron chi connectivity index (χ1n) is 10.3. The second-order valence-electron chi connectivity index (χ2n) is 8.69. The largest absolute Gasteiger partial charge is 0.480 e. The molecule has 0 aromatic carbocycles. The number of aldehydes is 1. The van der Waals surface area contributed by atoms with Crippen molar-refractivity contribution in [1.29, 1.82) is 0 Å². The summed E-state index contributed by atoms with van der Waals surface area (Å²) in [6.07, 6.45) is 16.6. The summed E-state index contributed by atoms with van der Waals surface area (Å²) in [5.41, 5.74) is 10.6. The van der Waals surface area contributed by atoms with Crippen LogP contribution in [0.25, 0.3) is 0 Å². The smallest absolute Gasteiger partial charge is 0.320 e. The highest BCUT2D eigenvalue weighted by molar-refractivity contribution is 5.73. The Hall–Kier alpha value is -2.20. The van der Waals surface area contributed by atoms with E-state index in [2.05, 4.69) is 45.9 Å². The maximum Gasteiger partial charge on any atom is 0.320 e. The van der Waals surface area contributed by atoms with E-state index in [0.717, 1.165) is 11.9 Å². The summed E-state index contributed by atoms with van der Waals surface area (Å²) < 4.78 is 0. The van der Waals surface area contributed by atoms with E-state index in [0.29, 0.717) is 0 Å². The van der Waals surface area contributed by atoms with Crippen molar-refractivity contribution < 1.29 is 14.7 Å². The number of carboxylic acids is 1. The predicted octanol–water partition coefficient (Wildman–Crippen LogP) is 5.77. The topological polar surface area (TPSA) is 80.4 Å². The molecule has 0 aromatic heterocycles. The van der Waals surface area contributed by atoms with E-state index >= 15 is 0 Å². The van der Waals surface area contributed by atoms with Gasteiger partial charge < -0.3 is 10.8 Å². The highest BCUT2D eigenvalue weighted by Crippen LogP contribution is 2.40. The quantitative estimate of drug-likeness (QED) is 0.322. The minimum absolute atomic E-state index is 0.0208. The molecule has 3 N–H and O–H groups in total. The molecule has 0 spiro atoms. The van der Waals surface area contributed by atoms with Crippen molar-refractivity contribution in [3.8, 4) is 0 Å². The molecule has 0 saturated carbocycles. The summed E-state index contributed by atoms with van der Waals surface area (Å²) in [5, 5.41) is 8.23. The molecule has 0 bridgehead atoms. The van der Waals surface area contributed by atoms with Gasteiger partial charge in [-0.25, -0.2) is 0 Å². The molecule has 0 amide bonds. The summed E-state index contributed by atoms with van der Waals surface area (Å²) in [7, 11) is 0. The van der Waals surface area contributed by atoms with Crippen molar-refractivity contribution >= 4 is 12.3 Å². The number of aliphatic carboxylic acids is 1. The molecule has 1 aliphatic rings. The minimum atomic E-state index is -0.931. The van der Waals surface area contributed by atoms with E-state index in [4.69, 9.17) is 10.8 Å². The second kappa shape index (κ2) is 13.1. The molecule has 0 heterocycles. The summed E-state index contributed by atoms with van der Waals surface area (Å²) in [6.45, 7) is 14.5. The maximum absolute atomic E-state index is 10.3. The maximum atomic E-state index is 10.3. The fourth-order valence-corrected chi connectivity index (χ4v) is 3.08. The molecule has 1 atom stereocenters. The van der Waals surface area contributed by atoms with Crippen LogP contribution in [0.2, 0.25) is 0 Å². The number of allylic oxidation sites excluding steroid dienone is 10. The third-order valence-corrected chi connectivity index (χ3v) is 5.11. The van der Waals surface area contributed by atoms with Crippen LogP contribution >= 0.6 is 0 Å². The van der Waals surface area contributed by atoms with Gasteiger partial charge in [-0.2, -0.15) is 0 Å². The fourth-order valence-electron chi connectivity index (χ4n) is 3.08. The Morgan fingerprint density at radius 2 is 1.72 bits per heavy atom. The third kappa shape index (κ3) is 10.8. The van der Waals surface area contributed by atoms with E-state index in [1.54, 1.807) is 19.9 Å². The Balaban J connectivity index is 0.000000828. The first-order chi connectivity index (χ1) is 13.4. The Kier molecular flexibility index (Phi) is 12.1. The van der Waals surface area contributed by atoms with Gasteiger partial charge >= 0.3 is 5.97 Å². The monoisotopic (exact) mass is 401 g/mol. The molecule has 0 aliphatic heterocycles. The predicted molar refractivity (Wildman–Crippen MR) is 123 cm³/mol. The van der Waals surface area contributed by atoms with Crippen molar-refractivity contribution in [1.82, 2.24) is 0 Å². The van der Waals surface area contributed by atoms with Crippen molar-refractivity contribution in [2.24, 2.45) is 17.1 Å². The standard InChI is InChI=1S/C20H28O.C5H11NO2/c1-16(8-6-9-17(2)13-15-21)11-12-19-18(3)10-7-14-20(19,4)5;1-3(2)4(6)5(7)8/h6,8-9,11-13,15H,7,10,14H2,1-5H3;3-4H,6H2,1-2H3,(H,7,8)/b9-6+,12-11+,16-8+,17-13+;/t;4-/m.0/s1. The third-order valence-electron chi connectivity index (χ3n) is 5.11. The van der Waals surface area contributed by atoms with Crippen LogP contribution in [0.1, 0.15) is 67.7 Å². The molecular weight excluding hydrogens is 362 g/mol. The van der Waals surface area contributed by atoms with Gasteiger partial charge in [-0.1, -0.05) is 69.2 Å². The van der Waals surface area contributed by atoms with Gasteiger partial charge in [-0.05, 0) is 68.6 Å². The SMILES string of the molecule is CC(C)[C@H](N)C(=O)O.CC1=C(/C=C/C(C)=C/C=C/C(C)=C/C=O)C(C)(C)CCC1. The van der Waals surface area contributed by atoms with Gasteiger partial charge in [-0.15, -0.1) is 0 Å². The van der Waals surface area contributed by atoms with E-state index < -0.39 is 12.0 Å². The lowest BCUT2D eigenvalue weighted by atomic mass is 9.72. The molecule has 1 aliphatic carbocycles. The summed E-state index contributed by atoms with van der Waals surface area (Å²) in [5.74, 6) is -0.910. The zero-order valence-electron chi connectivity index (χ0n) is 19.2. The lowest BCUT2D eigenvalue weighted by molar-refractivity contribution is -0.139. The highest BCUT2D eigenvalue weighted by atomic mass is 16.4. The number of carbonyl (C=O) groups excluding carboxylic acids is 1. The van der Waals surface area contributed by atoms with Gasteiger partial charge in [0.05, 0.1) is 0 Å². The Bertz CT molecular complexity index is 704. The van der Waals surface area contributed by atoms with Gasteiger partial charge in [0.1, 0.15) is 12.3 Å². The number of carboxylic acid groups (broad SMARTS) is 1. The number of hydrogen-bond acceptors (Lipinski definition) is 3. The molecule has 0 aromatic rings. The van der Waals surface area contributed by atoms with E-state index in [1.165, 1.54) is 36.0 Å². The average Bonchev–Trinajstić information content (AvgIpc) is 2.60. The molecule has 0 unspecified atom stereocenters. The van der Waals surface area contributed by atoms with Crippen LogP contribution in [-0.2, 0) is 9.59 Å². The first kappa shape index (κ1) is 26.8. The molecule has 4 nitrogen and oxygen atoms in total. The first-order valence-corrected chi connectivity index (χ1v) is 10.3. The molecule has 29 heavy (non-hydrogen) atoms. The number of hydrogen-bond donors (Lipinski definition) is 2. The normalized spacial score (nSPS) is 18.8. The van der Waals surface area contributed by atoms with Gasteiger partial charge in [0.15, 0.2) is 0 Å². The van der Waals surface area contributed by atoms with Crippen LogP contribution in [0.4, 0.5) is 0 Å². The molecular formula is C25H39NO3. The number of rotatable bonds is 7. The van der Waals surface area contributed by atoms with Crippen LogP contribution in [0, 0.1) is 11.3 Å². The van der Waals surface area contributed by atoms with Crippen LogP contribution in [0.5, 0.6) is 0 Å². The Morgan fingerprint density at radius 1 is 1.14 bits per heavy atom. The fraction of sp³-hybridized carbons (Fsp3) is 0.520. The number of nitrogens with two attached hydrogens (primary N) is 1. The molecule has 0 saturated heterocycles. The van der Waals surface area contributed by atoms with Crippen molar-refractivity contribution in [2.45, 2.75) is 73.8 Å². The van der Waals surface area contributed by atoms with Gasteiger partial charge in [0.2, 0.25) is 0 Å². The zero-order valence-corrected chi connectivity index (χ0v) is 19.2. The van der Waals surface area contributed by atoms with Gasteiger partial charge in [0.25, 0.3) is 0 Å². The van der Waals surface area contributed by atoms with E-state index in [9.17, 15) is 9.59 Å². The lowest BCUT2D eigenvalue weighted by Gasteiger charge is -2.32. The van der Waals surface area contributed by atoms with Crippen molar-refractivity contribution in [3.63, 3.8) is 0 Å². The summed E-state index contributed by atoms with van der Waals surface area (Å²) in [6, 6.07) is -0.713. The zero-order chi connectivity index (χ0) is 22.6. The Labute approximate surface area is 177 Å². The van der Waals surface area contributed by atoms with E-state index in [1.807, 2.05) is 19.1 Å². The van der Waals surface area contributed by atoms with Gasteiger partial charge in [0, 0.05) is 0 Å². The second-order valence-corrected chi connectivity index (χ2v) is 8.69. The van der Waals surface area contributed by atoms with Crippen molar-refractivity contribution in [3.05, 3.63) is 58.7 Å². The van der Waals surface area contributed by atoms with Crippen LogP contribution in [-0.4, -0.2) is 23.4 Å². The molecule has 4 heteroatoms. The van der Waals surface area contributed by atoms with Crippen LogP contribution in [0.15, 0.2) is 58.7 Å². The summed E-state index contributed by atoms with van der Waals surface area (Å²) in [4.78, 5) is 20.4. The van der Waals surface area contributed by atoms with Crippen molar-refractivity contribution in [2.75, 3.05) is 0 Å². The Morgan fingerprint density at radius 3 is 2.17 bits per heavy atom. The minimum Gasteiger partial charge on any atom is -0.480 e. The molecule has 162 valence electrons. The lowest BCUT2D eigenvalue weighted by Crippen LogP contribution is -2.34. The van der Waals surface area contributed by atoms with Crippen LogP contribution < -0.4 is 5.73 Å². The number of carbonyl (C=O) groups is 2.